The highest BCUT2D eigenvalue weighted by atomic mass is 16.5. The summed E-state index contributed by atoms with van der Waals surface area (Å²) < 4.78 is 12.2. The van der Waals surface area contributed by atoms with Gasteiger partial charge in [-0.05, 0) is 48.2 Å². The Labute approximate surface area is 186 Å². The van der Waals surface area contributed by atoms with Crippen molar-refractivity contribution in [3.8, 4) is 5.75 Å². The number of nitrogens with zero attached hydrogens (tertiary/aromatic N) is 1. The van der Waals surface area contributed by atoms with E-state index in [9.17, 15) is 9.59 Å². The zero-order valence-electron chi connectivity index (χ0n) is 18.4. The highest BCUT2D eigenvalue weighted by molar-refractivity contribution is 6.08. The van der Waals surface area contributed by atoms with Crippen molar-refractivity contribution in [1.82, 2.24) is 9.88 Å². The first-order chi connectivity index (χ1) is 15.5. The fourth-order valence-electron chi connectivity index (χ4n) is 3.96. The van der Waals surface area contributed by atoms with Crippen LogP contribution in [-0.2, 0) is 11.3 Å². The number of pyridine rings is 1. The lowest BCUT2D eigenvalue weighted by molar-refractivity contribution is 0.0940. The van der Waals surface area contributed by atoms with Crippen LogP contribution in [0.3, 0.4) is 0 Å². The summed E-state index contributed by atoms with van der Waals surface area (Å²) in [6.45, 7) is 2.73. The first-order valence-electron chi connectivity index (χ1n) is 10.5. The van der Waals surface area contributed by atoms with Gasteiger partial charge in [0, 0.05) is 30.0 Å². The van der Waals surface area contributed by atoms with Gasteiger partial charge in [0.1, 0.15) is 5.75 Å². The van der Waals surface area contributed by atoms with Gasteiger partial charge in [0.15, 0.2) is 0 Å². The Kier molecular flexibility index (Phi) is 6.23. The van der Waals surface area contributed by atoms with E-state index in [2.05, 4.69) is 5.32 Å². The molecule has 0 aliphatic heterocycles. The smallest absolute Gasteiger partial charge is 0.258 e. The normalized spacial score (nSPS) is 12.1. The molecule has 164 valence electrons. The van der Waals surface area contributed by atoms with Crippen LogP contribution in [0, 0.1) is 0 Å². The number of nitrogens with one attached hydrogen (secondary N) is 1. The van der Waals surface area contributed by atoms with Gasteiger partial charge in [0.05, 0.1) is 25.3 Å². The Bertz CT molecular complexity index is 1340. The molecular weight excluding hydrogens is 404 g/mol. The molecule has 1 atom stereocenters. The van der Waals surface area contributed by atoms with Crippen molar-refractivity contribution in [2.45, 2.75) is 19.5 Å². The molecule has 1 aromatic heterocycles. The van der Waals surface area contributed by atoms with Crippen LogP contribution in [0.15, 0.2) is 71.5 Å². The Morgan fingerprint density at radius 3 is 2.50 bits per heavy atom. The van der Waals surface area contributed by atoms with Crippen LogP contribution in [0.1, 0.15) is 28.9 Å². The number of hydrogen-bond donors (Lipinski definition) is 1. The third-order valence-corrected chi connectivity index (χ3v) is 5.70. The molecule has 0 bridgehead atoms. The largest absolute Gasteiger partial charge is 0.497 e. The number of benzene rings is 3. The number of fused-ring (bicyclic) bond motifs is 3. The topological polar surface area (TPSA) is 69.6 Å². The monoisotopic (exact) mass is 430 g/mol. The highest BCUT2D eigenvalue weighted by Gasteiger charge is 2.16. The maximum absolute atomic E-state index is 13.1. The second kappa shape index (κ2) is 9.24. The van der Waals surface area contributed by atoms with E-state index in [0.717, 1.165) is 22.1 Å². The SMILES string of the molecule is COCCn1c(=O)c2ccccc2c2ccc(C(=O)N[C@H](C)c3cccc(OC)c3)cc21. The molecule has 0 spiro atoms. The van der Waals surface area contributed by atoms with Crippen LogP contribution in [0.4, 0.5) is 0 Å². The van der Waals surface area contributed by atoms with Gasteiger partial charge < -0.3 is 19.4 Å². The average Bonchev–Trinajstić information content (AvgIpc) is 2.83. The second-order valence-electron chi connectivity index (χ2n) is 7.70. The molecule has 0 radical (unpaired) electrons. The molecule has 6 heteroatoms. The molecule has 1 amide bonds. The zero-order valence-corrected chi connectivity index (χ0v) is 18.4. The van der Waals surface area contributed by atoms with Gasteiger partial charge in [-0.25, -0.2) is 0 Å². The number of methoxy groups -OCH3 is 2. The van der Waals surface area contributed by atoms with Crippen molar-refractivity contribution in [1.29, 1.82) is 0 Å². The number of rotatable bonds is 7. The number of aromatic nitrogens is 1. The number of ether oxygens (including phenoxy) is 2. The van der Waals surface area contributed by atoms with Crippen LogP contribution in [0.25, 0.3) is 21.7 Å². The van der Waals surface area contributed by atoms with Crippen LogP contribution in [0.5, 0.6) is 5.75 Å². The Morgan fingerprint density at radius 1 is 0.969 bits per heavy atom. The predicted molar refractivity (Wildman–Crippen MR) is 126 cm³/mol. The number of hydrogen-bond acceptors (Lipinski definition) is 4. The molecule has 0 aliphatic carbocycles. The summed E-state index contributed by atoms with van der Waals surface area (Å²) in [4.78, 5) is 26.2. The minimum absolute atomic E-state index is 0.0903. The molecule has 3 aromatic carbocycles. The fourth-order valence-corrected chi connectivity index (χ4v) is 3.96. The summed E-state index contributed by atoms with van der Waals surface area (Å²) in [7, 11) is 3.22. The number of carbonyl (C=O) groups excluding carboxylic acids is 1. The molecular formula is C26H26N2O4. The van der Waals surface area contributed by atoms with Crippen LogP contribution in [-0.4, -0.2) is 31.3 Å². The minimum Gasteiger partial charge on any atom is -0.497 e. The van der Waals surface area contributed by atoms with E-state index in [-0.39, 0.29) is 17.5 Å². The molecule has 1 heterocycles. The first-order valence-corrected chi connectivity index (χ1v) is 10.5. The molecule has 0 fully saturated rings. The van der Waals surface area contributed by atoms with Crippen molar-refractivity contribution >= 4 is 27.6 Å². The van der Waals surface area contributed by atoms with E-state index in [1.165, 1.54) is 0 Å². The van der Waals surface area contributed by atoms with Crippen LogP contribution in [0.2, 0.25) is 0 Å². The van der Waals surface area contributed by atoms with Crippen molar-refractivity contribution in [2.75, 3.05) is 20.8 Å². The fraction of sp³-hybridized carbons (Fsp3) is 0.231. The Balaban J connectivity index is 1.74. The van der Waals surface area contributed by atoms with Gasteiger partial charge >= 0.3 is 0 Å². The van der Waals surface area contributed by atoms with E-state index < -0.39 is 0 Å². The van der Waals surface area contributed by atoms with Gasteiger partial charge in [-0.2, -0.15) is 0 Å². The highest BCUT2D eigenvalue weighted by Crippen LogP contribution is 2.25. The predicted octanol–water partition coefficient (Wildman–Crippen LogP) is 4.30. The summed E-state index contributed by atoms with van der Waals surface area (Å²) in [6.07, 6.45) is 0. The zero-order chi connectivity index (χ0) is 22.7. The number of carbonyl (C=O) groups is 1. The maximum atomic E-state index is 13.1. The summed E-state index contributed by atoms with van der Waals surface area (Å²) in [6, 6.07) is 20.4. The van der Waals surface area contributed by atoms with Gasteiger partial charge in [-0.3, -0.25) is 9.59 Å². The lowest BCUT2D eigenvalue weighted by Crippen LogP contribution is -2.27. The third kappa shape index (κ3) is 4.09. The Hall–Kier alpha value is -3.64. The number of amides is 1. The third-order valence-electron chi connectivity index (χ3n) is 5.70. The molecule has 0 saturated heterocycles. The van der Waals surface area contributed by atoms with Crippen LogP contribution < -0.4 is 15.6 Å². The van der Waals surface area contributed by atoms with Gasteiger partial charge in [0.25, 0.3) is 11.5 Å². The molecule has 4 aromatic rings. The van der Waals surface area contributed by atoms with Crippen molar-refractivity contribution in [3.05, 3.63) is 88.2 Å². The molecule has 0 saturated carbocycles. The summed E-state index contributed by atoms with van der Waals surface area (Å²) in [5, 5.41) is 5.49. The quantitative estimate of drug-likeness (QED) is 0.444. The van der Waals surface area contributed by atoms with Crippen molar-refractivity contribution in [2.24, 2.45) is 0 Å². The summed E-state index contributed by atoms with van der Waals surface area (Å²) >= 11 is 0. The van der Waals surface area contributed by atoms with Gasteiger partial charge in [0.2, 0.25) is 0 Å². The van der Waals surface area contributed by atoms with E-state index in [0.29, 0.717) is 29.6 Å². The standard InChI is InChI=1S/C26H26N2O4/c1-17(18-7-6-8-20(15-18)32-3)27-25(29)19-11-12-22-21-9-4-5-10-23(21)26(30)28(13-14-31-2)24(22)16-19/h4-12,15-17H,13-14H2,1-3H3,(H,27,29)/t17-/m1/s1. The molecule has 0 aliphatic rings. The molecule has 6 nitrogen and oxygen atoms in total. The van der Waals surface area contributed by atoms with E-state index in [1.54, 1.807) is 30.9 Å². The van der Waals surface area contributed by atoms with E-state index in [4.69, 9.17) is 9.47 Å². The second-order valence-corrected chi connectivity index (χ2v) is 7.70. The maximum Gasteiger partial charge on any atom is 0.258 e. The van der Waals surface area contributed by atoms with E-state index >= 15 is 0 Å². The lowest BCUT2D eigenvalue weighted by Gasteiger charge is -2.17. The molecule has 32 heavy (non-hydrogen) atoms. The van der Waals surface area contributed by atoms with Crippen molar-refractivity contribution in [3.63, 3.8) is 0 Å². The first kappa shape index (κ1) is 21.6. The van der Waals surface area contributed by atoms with Gasteiger partial charge in [-0.15, -0.1) is 0 Å². The summed E-state index contributed by atoms with van der Waals surface area (Å²) in [5.74, 6) is 0.532. The minimum atomic E-state index is -0.208. The van der Waals surface area contributed by atoms with Crippen molar-refractivity contribution < 1.29 is 14.3 Å². The van der Waals surface area contributed by atoms with E-state index in [1.807, 2.05) is 61.5 Å². The van der Waals surface area contributed by atoms with Crippen LogP contribution >= 0.6 is 0 Å². The molecule has 4 rings (SSSR count). The average molecular weight is 431 g/mol. The molecule has 0 unspecified atom stereocenters. The summed E-state index contributed by atoms with van der Waals surface area (Å²) in [5.41, 5.74) is 2.06. The Morgan fingerprint density at radius 2 is 1.75 bits per heavy atom. The molecule has 1 N–H and O–H groups in total. The van der Waals surface area contributed by atoms with Gasteiger partial charge in [-0.1, -0.05) is 36.4 Å². The lowest BCUT2D eigenvalue weighted by atomic mass is 10.0.